The smallest absolute Gasteiger partial charge is 0.411 e. The minimum atomic E-state index is -1.04. The molecule has 1 aromatic carbocycles. The van der Waals surface area contributed by atoms with Gasteiger partial charge in [-0.2, -0.15) is 0 Å². The SMILES string of the molecule is C=CCOC(=O)N1[C@@H](c2ccccc2)C(=O)[C@H](C(C)(C)C)[C@H]1C(=O)OCC. The number of carbonyl (C=O) groups is 3. The first-order valence-corrected chi connectivity index (χ1v) is 9.05. The number of ether oxygens (including phenoxy) is 2. The van der Waals surface area contributed by atoms with Crippen LogP contribution in [0.2, 0.25) is 0 Å². The van der Waals surface area contributed by atoms with E-state index in [1.165, 1.54) is 11.0 Å². The Morgan fingerprint density at radius 1 is 1.19 bits per heavy atom. The van der Waals surface area contributed by atoms with Gasteiger partial charge in [0.2, 0.25) is 0 Å². The van der Waals surface area contributed by atoms with Crippen LogP contribution in [0.15, 0.2) is 43.0 Å². The molecule has 1 heterocycles. The highest BCUT2D eigenvalue weighted by atomic mass is 16.6. The molecule has 0 aliphatic carbocycles. The molecular formula is C21H27NO5. The van der Waals surface area contributed by atoms with Crippen molar-refractivity contribution in [1.82, 2.24) is 4.90 Å². The van der Waals surface area contributed by atoms with Crippen LogP contribution < -0.4 is 0 Å². The third kappa shape index (κ3) is 4.21. The van der Waals surface area contributed by atoms with Crippen LogP contribution in [0.3, 0.4) is 0 Å². The Labute approximate surface area is 160 Å². The van der Waals surface area contributed by atoms with Crippen molar-refractivity contribution in [3.63, 3.8) is 0 Å². The Morgan fingerprint density at radius 3 is 2.33 bits per heavy atom. The largest absolute Gasteiger partial charge is 0.464 e. The molecule has 0 saturated carbocycles. The summed E-state index contributed by atoms with van der Waals surface area (Å²) in [7, 11) is 0. The zero-order valence-electron chi connectivity index (χ0n) is 16.3. The van der Waals surface area contributed by atoms with Gasteiger partial charge >= 0.3 is 12.1 Å². The molecule has 6 nitrogen and oxygen atoms in total. The third-order valence-electron chi connectivity index (χ3n) is 4.58. The van der Waals surface area contributed by atoms with Crippen LogP contribution in [0.5, 0.6) is 0 Å². The van der Waals surface area contributed by atoms with Crippen molar-refractivity contribution in [3.8, 4) is 0 Å². The van der Waals surface area contributed by atoms with Gasteiger partial charge in [-0.05, 0) is 17.9 Å². The second kappa shape index (κ2) is 8.37. The summed E-state index contributed by atoms with van der Waals surface area (Å²) in [5.41, 5.74) is 0.0914. The van der Waals surface area contributed by atoms with Crippen molar-refractivity contribution in [2.45, 2.75) is 39.8 Å². The summed E-state index contributed by atoms with van der Waals surface area (Å²) in [5, 5.41) is 0. The van der Waals surface area contributed by atoms with Gasteiger partial charge in [0, 0.05) is 0 Å². The maximum Gasteiger partial charge on any atom is 0.411 e. The van der Waals surface area contributed by atoms with Crippen LogP contribution in [0.25, 0.3) is 0 Å². The second-order valence-electron chi connectivity index (χ2n) is 7.53. The van der Waals surface area contributed by atoms with E-state index in [-0.39, 0.29) is 19.0 Å². The molecule has 0 bridgehead atoms. The molecule has 27 heavy (non-hydrogen) atoms. The molecule has 0 unspecified atom stereocenters. The Bertz CT molecular complexity index is 707. The Balaban J connectivity index is 2.59. The van der Waals surface area contributed by atoms with E-state index in [0.29, 0.717) is 5.56 Å². The number of rotatable bonds is 5. The molecular weight excluding hydrogens is 346 g/mol. The number of carbonyl (C=O) groups excluding carboxylic acids is 3. The van der Waals surface area contributed by atoms with Gasteiger partial charge in [-0.1, -0.05) is 63.8 Å². The van der Waals surface area contributed by atoms with Gasteiger partial charge in [0.25, 0.3) is 0 Å². The first-order chi connectivity index (χ1) is 12.7. The average Bonchev–Trinajstić information content (AvgIpc) is 2.94. The number of hydrogen-bond acceptors (Lipinski definition) is 5. The fraction of sp³-hybridized carbons (Fsp3) is 0.476. The summed E-state index contributed by atoms with van der Waals surface area (Å²) in [5.74, 6) is -1.50. The summed E-state index contributed by atoms with van der Waals surface area (Å²) < 4.78 is 10.4. The summed E-state index contributed by atoms with van der Waals surface area (Å²) in [4.78, 5) is 40.2. The summed E-state index contributed by atoms with van der Waals surface area (Å²) in [6.45, 7) is 11.0. The summed E-state index contributed by atoms with van der Waals surface area (Å²) in [6, 6.07) is 7.00. The minimum Gasteiger partial charge on any atom is -0.464 e. The summed E-state index contributed by atoms with van der Waals surface area (Å²) in [6.07, 6.45) is 0.704. The van der Waals surface area contributed by atoms with Crippen molar-refractivity contribution in [3.05, 3.63) is 48.6 Å². The maximum absolute atomic E-state index is 13.4. The molecule has 0 aromatic heterocycles. The monoisotopic (exact) mass is 373 g/mol. The quantitative estimate of drug-likeness (QED) is 0.583. The van der Waals surface area contributed by atoms with E-state index in [1.54, 1.807) is 31.2 Å². The van der Waals surface area contributed by atoms with Gasteiger partial charge in [0.05, 0.1) is 12.5 Å². The van der Waals surface area contributed by atoms with Crippen LogP contribution in [-0.4, -0.2) is 42.0 Å². The van der Waals surface area contributed by atoms with E-state index in [4.69, 9.17) is 9.47 Å². The topological polar surface area (TPSA) is 72.9 Å². The fourth-order valence-corrected chi connectivity index (χ4v) is 3.55. The molecule has 1 aliphatic rings. The Kier molecular flexibility index (Phi) is 6.41. The minimum absolute atomic E-state index is 0.0131. The summed E-state index contributed by atoms with van der Waals surface area (Å²) >= 11 is 0. The molecule has 2 rings (SSSR count). The van der Waals surface area contributed by atoms with Crippen LogP contribution in [0.1, 0.15) is 39.3 Å². The third-order valence-corrected chi connectivity index (χ3v) is 4.58. The van der Waals surface area contributed by atoms with E-state index < -0.39 is 35.5 Å². The van der Waals surface area contributed by atoms with E-state index in [9.17, 15) is 14.4 Å². The molecule has 1 amide bonds. The maximum atomic E-state index is 13.4. The first kappa shape index (κ1) is 20.7. The number of esters is 1. The Morgan fingerprint density at radius 2 is 1.81 bits per heavy atom. The fourth-order valence-electron chi connectivity index (χ4n) is 3.55. The predicted molar refractivity (Wildman–Crippen MR) is 101 cm³/mol. The van der Waals surface area contributed by atoms with Crippen LogP contribution in [-0.2, 0) is 19.1 Å². The average molecular weight is 373 g/mol. The lowest BCUT2D eigenvalue weighted by Crippen LogP contribution is -2.48. The number of nitrogens with zero attached hydrogens (tertiary/aromatic N) is 1. The standard InChI is InChI=1S/C21H27NO5/c1-6-13-27-20(25)22-16(14-11-9-8-10-12-14)18(23)15(21(3,4)5)17(22)19(24)26-7-2/h6,8-12,15-17H,1,7,13H2,2-5H3/t15-,16+,17+/m1/s1. The van der Waals surface area contributed by atoms with Crippen molar-refractivity contribution in [1.29, 1.82) is 0 Å². The highest BCUT2D eigenvalue weighted by Gasteiger charge is 2.58. The predicted octanol–water partition coefficient (Wildman–Crippen LogP) is 3.53. The first-order valence-electron chi connectivity index (χ1n) is 9.05. The van der Waals surface area contributed by atoms with Gasteiger partial charge in [0.1, 0.15) is 18.7 Å². The zero-order chi connectivity index (χ0) is 20.2. The molecule has 6 heteroatoms. The highest BCUT2D eigenvalue weighted by Crippen LogP contribution is 2.45. The van der Waals surface area contributed by atoms with Crippen LogP contribution >= 0.6 is 0 Å². The lowest BCUT2D eigenvalue weighted by atomic mass is 9.74. The van der Waals surface area contributed by atoms with Crippen LogP contribution in [0.4, 0.5) is 4.79 Å². The molecule has 1 aliphatic heterocycles. The van der Waals surface area contributed by atoms with Gasteiger partial charge in [-0.25, -0.2) is 9.59 Å². The van der Waals surface area contributed by atoms with E-state index in [2.05, 4.69) is 6.58 Å². The Hall–Kier alpha value is -2.63. The van der Waals surface area contributed by atoms with E-state index >= 15 is 0 Å². The molecule has 146 valence electrons. The lowest BCUT2D eigenvalue weighted by Gasteiger charge is -2.32. The van der Waals surface area contributed by atoms with Gasteiger partial charge in [-0.15, -0.1) is 0 Å². The van der Waals surface area contributed by atoms with Gasteiger partial charge < -0.3 is 9.47 Å². The van der Waals surface area contributed by atoms with E-state index in [0.717, 1.165) is 0 Å². The second-order valence-corrected chi connectivity index (χ2v) is 7.53. The van der Waals surface area contributed by atoms with Crippen molar-refractivity contribution < 1.29 is 23.9 Å². The van der Waals surface area contributed by atoms with Crippen molar-refractivity contribution in [2.75, 3.05) is 13.2 Å². The number of amides is 1. The van der Waals surface area contributed by atoms with Crippen molar-refractivity contribution >= 4 is 17.8 Å². The lowest BCUT2D eigenvalue weighted by molar-refractivity contribution is -0.151. The normalized spacial score (nSPS) is 22.4. The molecule has 1 saturated heterocycles. The zero-order valence-corrected chi connectivity index (χ0v) is 16.3. The molecule has 0 N–H and O–H groups in total. The molecule has 3 atom stereocenters. The van der Waals surface area contributed by atoms with Crippen LogP contribution in [0, 0.1) is 11.3 Å². The number of likely N-dealkylation sites (tertiary alicyclic amines) is 1. The highest BCUT2D eigenvalue weighted by molar-refractivity contribution is 6.01. The molecule has 0 spiro atoms. The van der Waals surface area contributed by atoms with Gasteiger partial charge in [0.15, 0.2) is 5.78 Å². The van der Waals surface area contributed by atoms with Gasteiger partial charge in [-0.3, -0.25) is 9.69 Å². The van der Waals surface area contributed by atoms with E-state index in [1.807, 2.05) is 26.8 Å². The number of hydrogen-bond donors (Lipinski definition) is 0. The number of ketones is 1. The van der Waals surface area contributed by atoms with Crippen molar-refractivity contribution in [2.24, 2.45) is 11.3 Å². The molecule has 0 radical (unpaired) electrons. The molecule has 1 aromatic rings. The molecule has 1 fully saturated rings. The number of Topliss-reactive ketones (excluding diaryl/α,β-unsaturated/α-hetero) is 1. The number of benzene rings is 1.